The molecule has 106 valence electrons. The summed E-state index contributed by atoms with van der Waals surface area (Å²) in [6, 6.07) is 9.06. The Labute approximate surface area is 131 Å². The van der Waals surface area contributed by atoms with Crippen LogP contribution in [0.2, 0.25) is 5.02 Å². The summed E-state index contributed by atoms with van der Waals surface area (Å²) < 4.78 is 11.4. The molecule has 0 spiro atoms. The van der Waals surface area contributed by atoms with Crippen LogP contribution in [-0.2, 0) is 0 Å². The van der Waals surface area contributed by atoms with Gasteiger partial charge < -0.3 is 20.5 Å². The van der Waals surface area contributed by atoms with E-state index in [0.717, 1.165) is 15.8 Å². The lowest BCUT2D eigenvalue weighted by Crippen LogP contribution is -1.99. The van der Waals surface area contributed by atoms with Crippen molar-refractivity contribution in [2.45, 2.75) is 0 Å². The summed E-state index contributed by atoms with van der Waals surface area (Å²) in [7, 11) is 3.14. The Balaban J connectivity index is 2.41. The molecule has 6 heteroatoms. The Morgan fingerprint density at radius 1 is 1.05 bits per heavy atom. The molecule has 0 unspecified atom stereocenters. The van der Waals surface area contributed by atoms with Crippen LogP contribution in [0, 0.1) is 0 Å². The summed E-state index contributed by atoms with van der Waals surface area (Å²) in [5.41, 5.74) is 8.09. The van der Waals surface area contributed by atoms with Crippen LogP contribution in [0.5, 0.6) is 11.5 Å². The number of halogens is 2. The van der Waals surface area contributed by atoms with Crippen molar-refractivity contribution < 1.29 is 9.47 Å². The number of hydrogen-bond acceptors (Lipinski definition) is 4. The first kappa shape index (κ1) is 14.8. The molecule has 0 radical (unpaired) electrons. The predicted molar refractivity (Wildman–Crippen MR) is 86.4 cm³/mol. The standard InChI is InChI=1S/C14H14BrClN2O2/c1-19-13-7-12(14(20-2)6-9(13)16)18-11-4-3-8(15)5-10(11)17/h3-7,18H,17H2,1-2H3. The second-order valence-electron chi connectivity index (χ2n) is 4.04. The summed E-state index contributed by atoms with van der Waals surface area (Å²) in [5.74, 6) is 1.17. The molecule has 0 aliphatic heterocycles. The number of hydrogen-bond donors (Lipinski definition) is 2. The van der Waals surface area contributed by atoms with Gasteiger partial charge in [0.15, 0.2) is 0 Å². The van der Waals surface area contributed by atoms with Crippen LogP contribution in [0.1, 0.15) is 0 Å². The van der Waals surface area contributed by atoms with Gasteiger partial charge in [0.05, 0.1) is 36.3 Å². The van der Waals surface area contributed by atoms with Crippen LogP contribution in [-0.4, -0.2) is 14.2 Å². The van der Waals surface area contributed by atoms with Crippen LogP contribution in [0.25, 0.3) is 0 Å². The third-order valence-corrected chi connectivity index (χ3v) is 3.55. The average Bonchev–Trinajstić information content (AvgIpc) is 2.43. The molecule has 2 aromatic rings. The second kappa shape index (κ2) is 6.24. The SMILES string of the molecule is COc1cc(Nc2ccc(Br)cc2N)c(OC)cc1Cl. The molecule has 20 heavy (non-hydrogen) atoms. The molecule has 0 aliphatic carbocycles. The maximum absolute atomic E-state index is 6.07. The highest BCUT2D eigenvalue weighted by Crippen LogP contribution is 2.38. The fraction of sp³-hybridized carbons (Fsp3) is 0.143. The number of nitrogens with one attached hydrogen (secondary N) is 1. The van der Waals surface area contributed by atoms with Crippen molar-refractivity contribution in [3.05, 3.63) is 39.8 Å². The summed E-state index contributed by atoms with van der Waals surface area (Å²) in [6.45, 7) is 0. The van der Waals surface area contributed by atoms with Gasteiger partial charge in [-0.15, -0.1) is 0 Å². The molecule has 0 aliphatic rings. The van der Waals surface area contributed by atoms with Gasteiger partial charge in [0.1, 0.15) is 11.5 Å². The molecule has 0 amide bonds. The monoisotopic (exact) mass is 356 g/mol. The summed E-state index contributed by atoms with van der Waals surface area (Å²) in [6.07, 6.45) is 0. The zero-order valence-electron chi connectivity index (χ0n) is 11.0. The first-order valence-corrected chi connectivity index (χ1v) is 6.96. The van der Waals surface area contributed by atoms with Crippen molar-refractivity contribution in [1.82, 2.24) is 0 Å². The highest BCUT2D eigenvalue weighted by atomic mass is 79.9. The largest absolute Gasteiger partial charge is 0.495 e. The minimum atomic E-state index is 0.485. The highest BCUT2D eigenvalue weighted by molar-refractivity contribution is 9.10. The zero-order chi connectivity index (χ0) is 14.7. The smallest absolute Gasteiger partial charge is 0.144 e. The molecule has 2 aromatic carbocycles. The molecule has 4 nitrogen and oxygen atoms in total. The number of nitrogens with two attached hydrogens (primary N) is 1. The van der Waals surface area contributed by atoms with Crippen molar-refractivity contribution in [2.24, 2.45) is 0 Å². The average molecular weight is 358 g/mol. The molecule has 0 heterocycles. The first-order chi connectivity index (χ1) is 9.55. The Kier molecular flexibility index (Phi) is 4.62. The van der Waals surface area contributed by atoms with E-state index in [0.29, 0.717) is 22.2 Å². The number of anilines is 3. The van der Waals surface area contributed by atoms with Crippen molar-refractivity contribution in [3.8, 4) is 11.5 Å². The van der Waals surface area contributed by atoms with E-state index in [4.69, 9.17) is 26.8 Å². The van der Waals surface area contributed by atoms with Gasteiger partial charge in [-0.1, -0.05) is 27.5 Å². The number of nitrogen functional groups attached to an aromatic ring is 1. The molecule has 0 saturated heterocycles. The van der Waals surface area contributed by atoms with Gasteiger partial charge in [0.25, 0.3) is 0 Å². The fourth-order valence-corrected chi connectivity index (χ4v) is 2.36. The van der Waals surface area contributed by atoms with Gasteiger partial charge in [-0.3, -0.25) is 0 Å². The minimum Gasteiger partial charge on any atom is -0.495 e. The lowest BCUT2D eigenvalue weighted by molar-refractivity contribution is 0.405. The summed E-state index contributed by atoms with van der Waals surface area (Å²) in [5, 5.41) is 3.70. The van der Waals surface area contributed by atoms with Gasteiger partial charge in [0.2, 0.25) is 0 Å². The fourth-order valence-electron chi connectivity index (χ4n) is 1.75. The van der Waals surface area contributed by atoms with Crippen molar-refractivity contribution in [2.75, 3.05) is 25.3 Å². The second-order valence-corrected chi connectivity index (χ2v) is 5.37. The molecule has 0 saturated carbocycles. The third kappa shape index (κ3) is 3.11. The highest BCUT2D eigenvalue weighted by Gasteiger charge is 2.11. The van der Waals surface area contributed by atoms with Crippen LogP contribution >= 0.6 is 27.5 Å². The molecule has 0 aromatic heterocycles. The predicted octanol–water partition coefficient (Wildman–Crippen LogP) is 4.45. The van der Waals surface area contributed by atoms with Gasteiger partial charge in [0, 0.05) is 16.6 Å². The van der Waals surface area contributed by atoms with E-state index >= 15 is 0 Å². The third-order valence-electron chi connectivity index (χ3n) is 2.76. The number of methoxy groups -OCH3 is 2. The van der Waals surface area contributed by atoms with E-state index in [1.54, 1.807) is 26.4 Å². The van der Waals surface area contributed by atoms with E-state index in [1.807, 2.05) is 18.2 Å². The quantitative estimate of drug-likeness (QED) is 0.794. The maximum Gasteiger partial charge on any atom is 0.144 e. The molecule has 0 fully saturated rings. The van der Waals surface area contributed by atoms with Gasteiger partial charge in [-0.2, -0.15) is 0 Å². The van der Waals surface area contributed by atoms with Crippen molar-refractivity contribution >= 4 is 44.6 Å². The molecular weight excluding hydrogens is 344 g/mol. The first-order valence-electron chi connectivity index (χ1n) is 5.78. The van der Waals surface area contributed by atoms with E-state index in [9.17, 15) is 0 Å². The van der Waals surface area contributed by atoms with Crippen LogP contribution in [0.4, 0.5) is 17.1 Å². The van der Waals surface area contributed by atoms with E-state index in [1.165, 1.54) is 0 Å². The zero-order valence-corrected chi connectivity index (χ0v) is 13.4. The number of ether oxygens (including phenoxy) is 2. The van der Waals surface area contributed by atoms with E-state index in [-0.39, 0.29) is 0 Å². The van der Waals surface area contributed by atoms with Crippen LogP contribution < -0.4 is 20.5 Å². The molecule has 2 rings (SSSR count). The molecule has 0 bridgehead atoms. The Morgan fingerprint density at radius 3 is 2.35 bits per heavy atom. The lowest BCUT2D eigenvalue weighted by atomic mass is 10.2. The normalized spacial score (nSPS) is 10.2. The molecular formula is C14H14BrClN2O2. The summed E-state index contributed by atoms with van der Waals surface area (Å²) >= 11 is 9.44. The van der Waals surface area contributed by atoms with E-state index in [2.05, 4.69) is 21.2 Å². The minimum absolute atomic E-state index is 0.485. The number of rotatable bonds is 4. The van der Waals surface area contributed by atoms with Gasteiger partial charge >= 0.3 is 0 Å². The maximum atomic E-state index is 6.07. The molecule has 0 atom stereocenters. The number of benzene rings is 2. The van der Waals surface area contributed by atoms with Crippen molar-refractivity contribution in [3.63, 3.8) is 0 Å². The topological polar surface area (TPSA) is 56.5 Å². The lowest BCUT2D eigenvalue weighted by Gasteiger charge is -2.15. The van der Waals surface area contributed by atoms with Crippen LogP contribution in [0.3, 0.4) is 0 Å². The Morgan fingerprint density at radius 2 is 1.75 bits per heavy atom. The van der Waals surface area contributed by atoms with Crippen LogP contribution in [0.15, 0.2) is 34.8 Å². The van der Waals surface area contributed by atoms with E-state index < -0.39 is 0 Å². The Hall–Kier alpha value is -1.59. The van der Waals surface area contributed by atoms with Gasteiger partial charge in [-0.05, 0) is 18.2 Å². The summed E-state index contributed by atoms with van der Waals surface area (Å²) in [4.78, 5) is 0. The Bertz CT molecular complexity index is 635. The molecule has 3 N–H and O–H groups in total. The van der Waals surface area contributed by atoms with Crippen molar-refractivity contribution in [1.29, 1.82) is 0 Å². The van der Waals surface area contributed by atoms with Gasteiger partial charge in [-0.25, -0.2) is 0 Å².